The Morgan fingerprint density at radius 2 is 1.58 bits per heavy atom. The van der Waals surface area contributed by atoms with E-state index in [1.165, 1.54) is 0 Å². The molecular formula is C6H10ClNO3S. The first-order valence-corrected chi connectivity index (χ1v) is 5.52. The van der Waals surface area contributed by atoms with Gasteiger partial charge in [-0.2, -0.15) is 4.42 Å². The molecule has 0 aromatic carbocycles. The highest BCUT2D eigenvalue weighted by Crippen LogP contribution is 2.12. The molecule has 0 atom stereocenters. The Hall–Kier alpha value is -0.260. The van der Waals surface area contributed by atoms with Gasteiger partial charge in [-0.3, -0.25) is 9.59 Å². The van der Waals surface area contributed by atoms with Gasteiger partial charge in [0.05, 0.1) is 12.5 Å². The lowest BCUT2D eigenvalue weighted by atomic mass is 10.4. The van der Waals surface area contributed by atoms with Gasteiger partial charge in [0.25, 0.3) is 0 Å². The van der Waals surface area contributed by atoms with Crippen molar-refractivity contribution in [2.75, 3.05) is 12.5 Å². The normalized spacial score (nSPS) is 16.6. The van der Waals surface area contributed by atoms with E-state index in [-0.39, 0.29) is 24.7 Å². The summed E-state index contributed by atoms with van der Waals surface area (Å²) >= 11 is 4.54. The molecule has 1 aliphatic heterocycles. The minimum absolute atomic E-state index is 0.266. The highest BCUT2D eigenvalue weighted by atomic mass is 35.5. The summed E-state index contributed by atoms with van der Waals surface area (Å²) in [5.74, 6) is -0.590. The van der Waals surface area contributed by atoms with Crippen LogP contribution in [-0.2, 0) is 20.8 Å². The van der Waals surface area contributed by atoms with Crippen LogP contribution in [0.25, 0.3) is 0 Å². The molecule has 12 heavy (non-hydrogen) atoms. The van der Waals surface area contributed by atoms with Gasteiger partial charge in [-0.15, -0.1) is 0 Å². The molecule has 0 N–H and O–H groups in total. The quantitative estimate of drug-likeness (QED) is 0.329. The van der Waals surface area contributed by atoms with Crippen LogP contribution in [0.4, 0.5) is 0 Å². The van der Waals surface area contributed by atoms with Gasteiger partial charge in [0, 0.05) is 24.6 Å². The third kappa shape index (κ3) is 4.58. The number of rotatable bonds is 0. The molecule has 6 heteroatoms. The van der Waals surface area contributed by atoms with Crippen LogP contribution in [0, 0.1) is 0 Å². The molecule has 70 valence electrons. The molecular weight excluding hydrogens is 202 g/mol. The van der Waals surface area contributed by atoms with E-state index in [0.717, 1.165) is 0 Å². The molecule has 0 bridgehead atoms. The van der Waals surface area contributed by atoms with Gasteiger partial charge in [0.1, 0.15) is 0 Å². The van der Waals surface area contributed by atoms with Crippen LogP contribution in [0.15, 0.2) is 0 Å². The van der Waals surface area contributed by atoms with Crippen LogP contribution in [0.1, 0.15) is 12.8 Å². The monoisotopic (exact) mass is 211 g/mol. The van der Waals surface area contributed by atoms with Crippen LogP contribution in [0.3, 0.4) is 0 Å². The zero-order chi connectivity index (χ0) is 9.72. The molecule has 0 unspecified atom stereocenters. The summed E-state index contributed by atoms with van der Waals surface area (Å²) in [6.45, 7) is 0. The number of hydrogen-bond donors (Lipinski definition) is 0. The Morgan fingerprint density at radius 1 is 1.33 bits per heavy atom. The van der Waals surface area contributed by atoms with E-state index >= 15 is 0 Å². The topological polar surface area (TPSA) is 60.4 Å². The second-order valence-corrected chi connectivity index (χ2v) is 4.13. The fourth-order valence-electron chi connectivity index (χ4n) is 0.549. The van der Waals surface area contributed by atoms with Crippen molar-refractivity contribution in [1.29, 1.82) is 0 Å². The van der Waals surface area contributed by atoms with Crippen LogP contribution >= 0.6 is 11.8 Å². The maximum atomic E-state index is 10.4. The maximum Gasteiger partial charge on any atom is 0.244 e. The number of nitrogens with zero attached hydrogens (tertiary/aromatic N) is 1. The van der Waals surface area contributed by atoms with Gasteiger partial charge in [0.15, 0.2) is 0 Å². The van der Waals surface area contributed by atoms with Gasteiger partial charge in [0.2, 0.25) is 11.8 Å². The number of imide groups is 1. The summed E-state index contributed by atoms with van der Waals surface area (Å²) in [4.78, 5) is 20.7. The Balaban J connectivity index is 0.000000261. The minimum Gasteiger partial charge on any atom is -0.617 e. The fourth-order valence-corrected chi connectivity index (χ4v) is 0.718. The van der Waals surface area contributed by atoms with E-state index in [0.29, 0.717) is 4.42 Å². The molecule has 1 fully saturated rings. The number of carbonyl (C=O) groups excluding carboxylic acids is 2. The van der Waals surface area contributed by atoms with Crippen molar-refractivity contribution in [3.63, 3.8) is 0 Å². The summed E-state index contributed by atoms with van der Waals surface area (Å²) in [6, 6.07) is 0. The predicted molar refractivity (Wildman–Crippen MR) is 46.9 cm³/mol. The summed E-state index contributed by atoms with van der Waals surface area (Å²) < 4.78 is 10.2. The first kappa shape index (κ1) is 11.7. The van der Waals surface area contributed by atoms with E-state index in [1.54, 1.807) is 12.5 Å². The van der Waals surface area contributed by atoms with Crippen molar-refractivity contribution in [1.82, 2.24) is 4.42 Å². The third-order valence-electron chi connectivity index (χ3n) is 0.991. The van der Waals surface area contributed by atoms with Gasteiger partial charge < -0.3 is 4.55 Å². The highest BCUT2D eigenvalue weighted by molar-refractivity contribution is 7.89. The Bertz CT molecular complexity index is 167. The van der Waals surface area contributed by atoms with Crippen molar-refractivity contribution < 1.29 is 14.1 Å². The van der Waals surface area contributed by atoms with Gasteiger partial charge in [-0.25, -0.2) is 0 Å². The van der Waals surface area contributed by atoms with E-state index in [2.05, 4.69) is 0 Å². The molecule has 2 amide bonds. The maximum absolute atomic E-state index is 10.4. The van der Waals surface area contributed by atoms with Crippen molar-refractivity contribution >= 4 is 34.8 Å². The number of carbonyl (C=O) groups is 2. The zero-order valence-corrected chi connectivity index (χ0v) is 8.44. The van der Waals surface area contributed by atoms with Crippen molar-refractivity contribution in [3.05, 3.63) is 0 Å². The largest absolute Gasteiger partial charge is 0.617 e. The van der Waals surface area contributed by atoms with Crippen molar-refractivity contribution in [2.24, 2.45) is 0 Å². The second kappa shape index (κ2) is 5.40. The zero-order valence-electron chi connectivity index (χ0n) is 6.87. The molecule has 1 rings (SSSR count). The molecule has 0 aromatic heterocycles. The molecule has 0 radical (unpaired) electrons. The summed E-state index contributed by atoms with van der Waals surface area (Å²) in [6.07, 6.45) is 3.81. The number of amides is 2. The SMILES string of the molecule is C[S+](C)[O-].O=C1CCC(=O)N1Cl. The Labute approximate surface area is 79.2 Å². The van der Waals surface area contributed by atoms with Crippen LogP contribution < -0.4 is 0 Å². The summed E-state index contributed by atoms with van der Waals surface area (Å²) in [7, 11) is 0. The number of hydrogen-bond acceptors (Lipinski definition) is 3. The Kier molecular flexibility index (Phi) is 5.28. The standard InChI is InChI=1S/C4H4ClNO2.C2H6OS/c5-6-3(7)1-2-4(6)8;1-4(2)3/h1-2H2;1-2H3. The second-order valence-electron chi connectivity index (χ2n) is 2.31. The molecule has 0 aliphatic carbocycles. The minimum atomic E-state index is -0.611. The molecule has 4 nitrogen and oxygen atoms in total. The highest BCUT2D eigenvalue weighted by Gasteiger charge is 2.26. The summed E-state index contributed by atoms with van der Waals surface area (Å²) in [5.41, 5.74) is 0. The lowest BCUT2D eigenvalue weighted by Crippen LogP contribution is -2.16. The molecule has 0 aromatic rings. The predicted octanol–water partition coefficient (Wildman–Crippen LogP) is 0.284. The molecule has 1 heterocycles. The van der Waals surface area contributed by atoms with E-state index < -0.39 is 11.2 Å². The molecule has 1 aliphatic rings. The van der Waals surface area contributed by atoms with E-state index in [1.807, 2.05) is 0 Å². The number of halogens is 1. The van der Waals surface area contributed by atoms with Gasteiger partial charge in [-0.05, 0) is 0 Å². The third-order valence-corrected chi connectivity index (χ3v) is 1.37. The van der Waals surface area contributed by atoms with Gasteiger partial charge >= 0.3 is 0 Å². The summed E-state index contributed by atoms with van der Waals surface area (Å²) in [5, 5.41) is 0. The molecule has 0 saturated carbocycles. The Morgan fingerprint density at radius 3 is 1.67 bits per heavy atom. The van der Waals surface area contributed by atoms with E-state index in [9.17, 15) is 14.1 Å². The van der Waals surface area contributed by atoms with Crippen LogP contribution in [-0.4, -0.2) is 33.3 Å². The smallest absolute Gasteiger partial charge is 0.244 e. The lowest BCUT2D eigenvalue weighted by molar-refractivity contribution is -0.132. The van der Waals surface area contributed by atoms with E-state index in [4.69, 9.17) is 11.8 Å². The van der Waals surface area contributed by atoms with Crippen LogP contribution in [0.5, 0.6) is 0 Å². The first-order chi connectivity index (χ1) is 5.45. The average Bonchev–Trinajstić information content (AvgIpc) is 2.19. The lowest BCUT2D eigenvalue weighted by Gasteiger charge is -1.96. The first-order valence-electron chi connectivity index (χ1n) is 3.21. The van der Waals surface area contributed by atoms with Crippen molar-refractivity contribution in [2.45, 2.75) is 12.8 Å². The molecule has 1 saturated heterocycles. The average molecular weight is 212 g/mol. The van der Waals surface area contributed by atoms with Gasteiger partial charge in [-0.1, -0.05) is 11.2 Å². The molecule has 0 spiro atoms. The fraction of sp³-hybridized carbons (Fsp3) is 0.667. The van der Waals surface area contributed by atoms with Crippen LogP contribution in [0.2, 0.25) is 0 Å². The van der Waals surface area contributed by atoms with Crippen molar-refractivity contribution in [3.8, 4) is 0 Å².